The lowest BCUT2D eigenvalue weighted by Gasteiger charge is -2.04. The van der Waals surface area contributed by atoms with Crippen molar-refractivity contribution in [3.05, 3.63) is 6.33 Å². The van der Waals surface area contributed by atoms with Gasteiger partial charge in [0.25, 0.3) is 0 Å². The van der Waals surface area contributed by atoms with Gasteiger partial charge in [-0.15, -0.1) is 5.10 Å². The van der Waals surface area contributed by atoms with Crippen LogP contribution < -0.4 is 11.1 Å². The minimum atomic E-state index is -0.487. The second-order valence-electron chi connectivity index (χ2n) is 3.22. The van der Waals surface area contributed by atoms with E-state index in [1.54, 1.807) is 0 Å². The minimum absolute atomic E-state index is 0.0504. The van der Waals surface area contributed by atoms with Crippen LogP contribution >= 0.6 is 0 Å². The van der Waals surface area contributed by atoms with E-state index in [0.717, 1.165) is 0 Å². The molecule has 0 saturated carbocycles. The van der Waals surface area contributed by atoms with Crippen LogP contribution in [-0.4, -0.2) is 39.8 Å². The van der Waals surface area contributed by atoms with Crippen LogP contribution in [0.3, 0.4) is 0 Å². The molecule has 94 valence electrons. The van der Waals surface area contributed by atoms with Gasteiger partial charge in [-0.2, -0.15) is 0 Å². The molecule has 0 unspecified atom stereocenters. The molecule has 0 fully saturated rings. The Labute approximate surface area is 98.1 Å². The van der Waals surface area contributed by atoms with E-state index in [-0.39, 0.29) is 31.4 Å². The zero-order valence-electron chi connectivity index (χ0n) is 9.55. The van der Waals surface area contributed by atoms with Gasteiger partial charge in [0.2, 0.25) is 11.9 Å². The normalized spacial score (nSPS) is 9.94. The SMILES string of the molecule is CCNC(=O)CCOC(=O)Cn1cnc(N)n1. The van der Waals surface area contributed by atoms with Crippen LogP contribution in [0, 0.1) is 0 Å². The maximum atomic E-state index is 11.3. The fraction of sp³-hybridized carbons (Fsp3) is 0.556. The molecule has 8 heteroatoms. The Balaban J connectivity index is 2.19. The van der Waals surface area contributed by atoms with E-state index in [2.05, 4.69) is 15.4 Å². The van der Waals surface area contributed by atoms with Crippen LogP contribution in [0.25, 0.3) is 0 Å². The Morgan fingerprint density at radius 2 is 2.35 bits per heavy atom. The van der Waals surface area contributed by atoms with E-state index in [9.17, 15) is 9.59 Å². The molecule has 1 heterocycles. The first-order valence-electron chi connectivity index (χ1n) is 5.19. The smallest absolute Gasteiger partial charge is 0.327 e. The van der Waals surface area contributed by atoms with Gasteiger partial charge in [0, 0.05) is 6.54 Å². The highest BCUT2D eigenvalue weighted by atomic mass is 16.5. The molecule has 17 heavy (non-hydrogen) atoms. The number of nitrogens with zero attached hydrogens (tertiary/aromatic N) is 3. The summed E-state index contributed by atoms with van der Waals surface area (Å²) in [5.41, 5.74) is 5.28. The molecule has 0 aromatic carbocycles. The Morgan fingerprint density at radius 3 is 2.94 bits per heavy atom. The lowest BCUT2D eigenvalue weighted by Crippen LogP contribution is -2.25. The molecular weight excluding hydrogens is 226 g/mol. The number of carbonyl (C=O) groups is 2. The summed E-state index contributed by atoms with van der Waals surface area (Å²) in [7, 11) is 0. The predicted molar refractivity (Wildman–Crippen MR) is 58.7 cm³/mol. The number of nitrogen functional groups attached to an aromatic ring is 1. The molecule has 0 saturated heterocycles. The van der Waals surface area contributed by atoms with Crippen molar-refractivity contribution in [1.29, 1.82) is 0 Å². The van der Waals surface area contributed by atoms with Crippen molar-refractivity contribution in [3.8, 4) is 0 Å². The van der Waals surface area contributed by atoms with E-state index >= 15 is 0 Å². The van der Waals surface area contributed by atoms with Crippen LogP contribution in [0.4, 0.5) is 5.95 Å². The number of amides is 1. The monoisotopic (exact) mass is 241 g/mol. The molecular formula is C9H15N5O3. The summed E-state index contributed by atoms with van der Waals surface area (Å²) in [5.74, 6) is -0.537. The highest BCUT2D eigenvalue weighted by Gasteiger charge is 2.07. The quantitative estimate of drug-likeness (QED) is 0.613. The summed E-state index contributed by atoms with van der Waals surface area (Å²) >= 11 is 0. The standard InChI is InChI=1S/C9H15N5O3/c1-2-11-7(15)3-4-17-8(16)5-14-6-12-9(10)13-14/h6H,2-5H2,1H3,(H2,10,13)(H,11,15). The number of nitrogens with one attached hydrogen (secondary N) is 1. The molecule has 0 aliphatic rings. The molecule has 1 aromatic rings. The van der Waals surface area contributed by atoms with E-state index in [4.69, 9.17) is 10.5 Å². The Kier molecular flexibility index (Phi) is 4.92. The van der Waals surface area contributed by atoms with Crippen LogP contribution in [0.15, 0.2) is 6.33 Å². The third-order valence-electron chi connectivity index (χ3n) is 1.81. The lowest BCUT2D eigenvalue weighted by molar-refractivity contribution is -0.145. The first-order valence-corrected chi connectivity index (χ1v) is 5.19. The fourth-order valence-electron chi connectivity index (χ4n) is 1.11. The number of nitrogens with two attached hydrogens (primary N) is 1. The molecule has 0 aliphatic carbocycles. The van der Waals surface area contributed by atoms with Gasteiger partial charge >= 0.3 is 5.97 Å². The van der Waals surface area contributed by atoms with Crippen LogP contribution in [0.1, 0.15) is 13.3 Å². The van der Waals surface area contributed by atoms with Gasteiger partial charge in [-0.1, -0.05) is 0 Å². The van der Waals surface area contributed by atoms with Gasteiger partial charge in [0.05, 0.1) is 6.42 Å². The molecule has 8 nitrogen and oxygen atoms in total. The second kappa shape index (κ2) is 6.46. The van der Waals surface area contributed by atoms with Gasteiger partial charge in [0.15, 0.2) is 0 Å². The Bertz CT molecular complexity index is 390. The van der Waals surface area contributed by atoms with Gasteiger partial charge < -0.3 is 15.8 Å². The van der Waals surface area contributed by atoms with E-state index in [0.29, 0.717) is 6.54 Å². The number of hydrogen-bond donors (Lipinski definition) is 2. The third kappa shape index (κ3) is 4.96. The van der Waals surface area contributed by atoms with Gasteiger partial charge in [-0.3, -0.25) is 9.59 Å². The summed E-state index contributed by atoms with van der Waals surface area (Å²) in [6.07, 6.45) is 1.49. The predicted octanol–water partition coefficient (Wildman–Crippen LogP) is -1.07. The van der Waals surface area contributed by atoms with Crippen LogP contribution in [0.2, 0.25) is 0 Å². The van der Waals surface area contributed by atoms with Gasteiger partial charge in [-0.25, -0.2) is 9.67 Å². The maximum Gasteiger partial charge on any atom is 0.327 e. The van der Waals surface area contributed by atoms with Crippen molar-refractivity contribution in [2.45, 2.75) is 19.9 Å². The van der Waals surface area contributed by atoms with E-state index < -0.39 is 5.97 Å². The number of carbonyl (C=O) groups excluding carboxylic acids is 2. The Morgan fingerprint density at radius 1 is 1.59 bits per heavy atom. The molecule has 1 amide bonds. The summed E-state index contributed by atoms with van der Waals surface area (Å²) < 4.78 is 6.11. The molecule has 0 spiro atoms. The number of anilines is 1. The number of rotatable bonds is 6. The summed E-state index contributed by atoms with van der Waals surface area (Å²) in [4.78, 5) is 26.0. The fourth-order valence-corrected chi connectivity index (χ4v) is 1.11. The number of aromatic nitrogens is 3. The second-order valence-corrected chi connectivity index (χ2v) is 3.22. The van der Waals surface area contributed by atoms with Crippen molar-refractivity contribution < 1.29 is 14.3 Å². The molecule has 1 aromatic heterocycles. The Hall–Kier alpha value is -2.12. The lowest BCUT2D eigenvalue weighted by atomic mass is 10.4. The van der Waals surface area contributed by atoms with Crippen molar-refractivity contribution in [2.24, 2.45) is 0 Å². The molecule has 1 rings (SSSR count). The van der Waals surface area contributed by atoms with Crippen LogP contribution in [-0.2, 0) is 20.9 Å². The summed E-state index contributed by atoms with van der Waals surface area (Å²) in [5, 5.41) is 6.32. The van der Waals surface area contributed by atoms with E-state index in [1.807, 2.05) is 6.92 Å². The molecule has 0 bridgehead atoms. The van der Waals surface area contributed by atoms with E-state index in [1.165, 1.54) is 11.0 Å². The van der Waals surface area contributed by atoms with Crippen molar-refractivity contribution in [3.63, 3.8) is 0 Å². The number of esters is 1. The number of hydrogen-bond acceptors (Lipinski definition) is 6. The van der Waals surface area contributed by atoms with Crippen molar-refractivity contribution in [1.82, 2.24) is 20.1 Å². The minimum Gasteiger partial charge on any atom is -0.464 e. The molecule has 0 aliphatic heterocycles. The molecule has 0 radical (unpaired) electrons. The highest BCUT2D eigenvalue weighted by molar-refractivity contribution is 5.76. The summed E-state index contributed by atoms with van der Waals surface area (Å²) in [6.45, 7) is 2.36. The maximum absolute atomic E-state index is 11.3. The third-order valence-corrected chi connectivity index (χ3v) is 1.81. The first-order chi connectivity index (χ1) is 8.11. The zero-order chi connectivity index (χ0) is 12.7. The summed E-state index contributed by atoms with van der Waals surface area (Å²) in [6, 6.07) is 0. The average Bonchev–Trinajstić information content (AvgIpc) is 2.64. The average molecular weight is 241 g/mol. The zero-order valence-corrected chi connectivity index (χ0v) is 9.55. The topological polar surface area (TPSA) is 112 Å². The van der Waals surface area contributed by atoms with Gasteiger partial charge in [0.1, 0.15) is 19.5 Å². The van der Waals surface area contributed by atoms with Crippen LogP contribution in [0.5, 0.6) is 0 Å². The van der Waals surface area contributed by atoms with Crippen molar-refractivity contribution >= 4 is 17.8 Å². The first kappa shape index (κ1) is 12.9. The largest absolute Gasteiger partial charge is 0.464 e. The highest BCUT2D eigenvalue weighted by Crippen LogP contribution is 1.92. The molecule has 0 atom stereocenters. The van der Waals surface area contributed by atoms with Crippen molar-refractivity contribution in [2.75, 3.05) is 18.9 Å². The number of ether oxygens (including phenoxy) is 1. The van der Waals surface area contributed by atoms with Gasteiger partial charge in [-0.05, 0) is 6.92 Å². The molecule has 3 N–H and O–H groups in total.